The van der Waals surface area contributed by atoms with E-state index in [0.29, 0.717) is 0 Å². The van der Waals surface area contributed by atoms with E-state index in [4.69, 9.17) is 0 Å². The Labute approximate surface area is 375 Å². The van der Waals surface area contributed by atoms with E-state index in [1.54, 1.807) is 0 Å². The zero-order valence-electron chi connectivity index (χ0n) is 35.3. The van der Waals surface area contributed by atoms with Crippen LogP contribution in [0.5, 0.6) is 0 Å². The van der Waals surface area contributed by atoms with Crippen molar-refractivity contribution in [3.63, 3.8) is 0 Å². The van der Waals surface area contributed by atoms with Crippen molar-refractivity contribution in [1.82, 2.24) is 0 Å². The SMILES string of the molecule is c1ccc(-c2c3ccccc3c(-c3ccc(-c4ccc(N(c5ccccc5)c5ccc(-c6ccc(N(c7ccccc7)c7ccccc7)cc6)cc5)cc4)cc3)c3ccccc23)cc1. The number of anilines is 6. The van der Waals surface area contributed by atoms with Crippen LogP contribution in [-0.2, 0) is 0 Å². The molecule has 0 heterocycles. The molecule has 0 fully saturated rings. The number of hydrogen-bond acceptors (Lipinski definition) is 2. The summed E-state index contributed by atoms with van der Waals surface area (Å²) in [5, 5.41) is 5.06. The van der Waals surface area contributed by atoms with Crippen LogP contribution in [0.1, 0.15) is 0 Å². The molecule has 2 heteroatoms. The molecule has 11 aromatic rings. The van der Waals surface area contributed by atoms with Crippen molar-refractivity contribution in [1.29, 1.82) is 0 Å². The summed E-state index contributed by atoms with van der Waals surface area (Å²) >= 11 is 0. The van der Waals surface area contributed by atoms with Gasteiger partial charge in [-0.2, -0.15) is 0 Å². The highest BCUT2D eigenvalue weighted by Gasteiger charge is 2.18. The third-order valence-electron chi connectivity index (χ3n) is 12.3. The molecular weight excluding hydrogens is 773 g/mol. The van der Waals surface area contributed by atoms with E-state index in [1.165, 1.54) is 66.1 Å². The summed E-state index contributed by atoms with van der Waals surface area (Å²) in [5.41, 5.74) is 16.4. The van der Waals surface area contributed by atoms with Gasteiger partial charge in [-0.15, -0.1) is 0 Å². The highest BCUT2D eigenvalue weighted by molar-refractivity contribution is 6.21. The molecule has 0 amide bonds. The van der Waals surface area contributed by atoms with Crippen LogP contribution in [0.2, 0.25) is 0 Å². The molecule has 11 rings (SSSR count). The predicted octanol–water partition coefficient (Wildman–Crippen LogP) is 17.6. The van der Waals surface area contributed by atoms with Gasteiger partial charge in [-0.25, -0.2) is 0 Å². The van der Waals surface area contributed by atoms with Crippen LogP contribution in [0.4, 0.5) is 34.1 Å². The summed E-state index contributed by atoms with van der Waals surface area (Å²) in [6.07, 6.45) is 0. The van der Waals surface area contributed by atoms with Gasteiger partial charge < -0.3 is 9.80 Å². The molecule has 302 valence electrons. The second-order valence-electron chi connectivity index (χ2n) is 16.1. The summed E-state index contributed by atoms with van der Waals surface area (Å²) in [5.74, 6) is 0. The van der Waals surface area contributed by atoms with Gasteiger partial charge in [0.05, 0.1) is 0 Å². The molecule has 0 N–H and O–H groups in total. The summed E-state index contributed by atoms with van der Waals surface area (Å²) in [7, 11) is 0. The maximum absolute atomic E-state index is 2.33. The van der Waals surface area contributed by atoms with E-state index < -0.39 is 0 Å². The van der Waals surface area contributed by atoms with E-state index in [0.717, 1.165) is 34.1 Å². The van der Waals surface area contributed by atoms with Gasteiger partial charge in [0.1, 0.15) is 0 Å². The lowest BCUT2D eigenvalue weighted by atomic mass is 9.86. The molecule has 64 heavy (non-hydrogen) atoms. The topological polar surface area (TPSA) is 6.48 Å². The fourth-order valence-corrected chi connectivity index (χ4v) is 9.22. The summed E-state index contributed by atoms with van der Waals surface area (Å²) in [6, 6.07) is 96.0. The monoisotopic (exact) mass is 816 g/mol. The lowest BCUT2D eigenvalue weighted by Crippen LogP contribution is -2.09. The van der Waals surface area contributed by atoms with Crippen LogP contribution >= 0.6 is 0 Å². The Morgan fingerprint density at radius 3 is 0.656 bits per heavy atom. The molecule has 0 unspecified atom stereocenters. The molecule has 0 aliphatic carbocycles. The predicted molar refractivity (Wildman–Crippen MR) is 273 cm³/mol. The van der Waals surface area contributed by atoms with E-state index in [1.807, 2.05) is 0 Å². The number of fused-ring (bicyclic) bond motifs is 2. The molecule has 0 atom stereocenters. The minimum absolute atomic E-state index is 1.10. The second-order valence-corrected chi connectivity index (χ2v) is 16.1. The first-order valence-corrected chi connectivity index (χ1v) is 21.9. The number of rotatable bonds is 10. The zero-order valence-corrected chi connectivity index (χ0v) is 35.3. The van der Waals surface area contributed by atoms with Gasteiger partial charge >= 0.3 is 0 Å². The molecule has 0 aromatic heterocycles. The fraction of sp³-hybridized carbons (Fsp3) is 0. The number of para-hydroxylation sites is 3. The van der Waals surface area contributed by atoms with Crippen LogP contribution in [0.3, 0.4) is 0 Å². The average Bonchev–Trinajstić information content (AvgIpc) is 3.38. The number of benzene rings is 11. The largest absolute Gasteiger partial charge is 0.311 e. The van der Waals surface area contributed by atoms with E-state index in [-0.39, 0.29) is 0 Å². The van der Waals surface area contributed by atoms with Crippen LogP contribution in [0.25, 0.3) is 66.1 Å². The maximum Gasteiger partial charge on any atom is 0.0462 e. The Bertz CT molecular complexity index is 3220. The fourth-order valence-electron chi connectivity index (χ4n) is 9.22. The molecule has 0 saturated heterocycles. The first-order valence-electron chi connectivity index (χ1n) is 21.9. The molecule has 0 aliphatic heterocycles. The van der Waals surface area contributed by atoms with E-state index in [2.05, 4.69) is 277 Å². The van der Waals surface area contributed by atoms with Crippen LogP contribution in [0.15, 0.2) is 267 Å². The third kappa shape index (κ3) is 7.38. The number of hydrogen-bond donors (Lipinski definition) is 0. The van der Waals surface area contributed by atoms with Crippen molar-refractivity contribution < 1.29 is 0 Å². The summed E-state index contributed by atoms with van der Waals surface area (Å²) < 4.78 is 0. The number of nitrogens with zero attached hydrogens (tertiary/aromatic N) is 2. The van der Waals surface area contributed by atoms with Crippen LogP contribution in [0, 0.1) is 0 Å². The average molecular weight is 817 g/mol. The first kappa shape index (κ1) is 38.5. The van der Waals surface area contributed by atoms with Gasteiger partial charge in [0.25, 0.3) is 0 Å². The molecular formula is C62H44N2. The van der Waals surface area contributed by atoms with Crippen molar-refractivity contribution in [2.24, 2.45) is 0 Å². The van der Waals surface area contributed by atoms with Crippen molar-refractivity contribution in [2.75, 3.05) is 9.80 Å². The Morgan fingerprint density at radius 2 is 0.359 bits per heavy atom. The highest BCUT2D eigenvalue weighted by atomic mass is 15.1. The first-order chi connectivity index (χ1) is 31.8. The Balaban J connectivity index is 0.881. The molecule has 11 aromatic carbocycles. The molecule has 0 bridgehead atoms. The Hall–Kier alpha value is -8.46. The van der Waals surface area contributed by atoms with Crippen LogP contribution < -0.4 is 9.80 Å². The summed E-state index contributed by atoms with van der Waals surface area (Å²) in [6.45, 7) is 0. The molecule has 0 radical (unpaired) electrons. The minimum atomic E-state index is 1.10. The van der Waals surface area contributed by atoms with Gasteiger partial charge in [-0.1, -0.05) is 194 Å². The molecule has 0 aliphatic rings. The van der Waals surface area contributed by atoms with Crippen molar-refractivity contribution in [3.05, 3.63) is 267 Å². The Morgan fingerprint density at radius 1 is 0.156 bits per heavy atom. The highest BCUT2D eigenvalue weighted by Crippen LogP contribution is 2.44. The second kappa shape index (κ2) is 17.1. The Kier molecular flexibility index (Phi) is 10.3. The standard InChI is InChI=1S/C62H44N2/c1-5-17-49(18-6-1)61-57-25-13-15-27-59(57)62(60-28-16-14-26-58(60)61)50-31-29-45(30-32-50)46-33-41-55(42-34-46)64(53-23-11-4-12-24-53)56-43-37-48(38-44-56)47-35-39-54(40-36-47)63(51-19-7-2-8-20-51)52-21-9-3-10-22-52/h1-44H. The summed E-state index contributed by atoms with van der Waals surface area (Å²) in [4.78, 5) is 4.62. The molecule has 2 nitrogen and oxygen atoms in total. The van der Waals surface area contributed by atoms with Crippen LogP contribution in [-0.4, -0.2) is 0 Å². The minimum Gasteiger partial charge on any atom is -0.311 e. The van der Waals surface area contributed by atoms with Crippen molar-refractivity contribution in [2.45, 2.75) is 0 Å². The van der Waals surface area contributed by atoms with Gasteiger partial charge in [-0.05, 0) is 139 Å². The molecule has 0 saturated carbocycles. The van der Waals surface area contributed by atoms with Crippen molar-refractivity contribution in [3.8, 4) is 44.5 Å². The van der Waals surface area contributed by atoms with Gasteiger partial charge in [-0.3, -0.25) is 0 Å². The van der Waals surface area contributed by atoms with Gasteiger partial charge in [0, 0.05) is 34.1 Å². The molecule has 0 spiro atoms. The maximum atomic E-state index is 2.33. The zero-order chi connectivity index (χ0) is 42.7. The smallest absolute Gasteiger partial charge is 0.0462 e. The van der Waals surface area contributed by atoms with E-state index in [9.17, 15) is 0 Å². The van der Waals surface area contributed by atoms with Gasteiger partial charge in [0.15, 0.2) is 0 Å². The lowest BCUT2D eigenvalue weighted by Gasteiger charge is -2.26. The van der Waals surface area contributed by atoms with Gasteiger partial charge in [0.2, 0.25) is 0 Å². The quantitative estimate of drug-likeness (QED) is 0.127. The third-order valence-corrected chi connectivity index (χ3v) is 12.3. The lowest BCUT2D eigenvalue weighted by molar-refractivity contribution is 1.28. The van der Waals surface area contributed by atoms with Crippen molar-refractivity contribution >= 4 is 55.7 Å². The normalized spacial score (nSPS) is 11.1. The van der Waals surface area contributed by atoms with E-state index >= 15 is 0 Å².